The average molecular weight is 446 g/mol. The molecule has 176 valence electrons. The second-order valence-corrected chi connectivity index (χ2v) is 12.6. The molecule has 4 unspecified atom stereocenters. The minimum atomic E-state index is -0.513. The molecule has 2 N–H and O–H groups in total. The van der Waals surface area contributed by atoms with Gasteiger partial charge in [0.25, 0.3) is 0 Å². The third kappa shape index (κ3) is 4.02. The van der Waals surface area contributed by atoms with Crippen molar-refractivity contribution in [3.05, 3.63) is 65.2 Å². The van der Waals surface area contributed by atoms with Crippen LogP contribution in [-0.2, 0) is 11.8 Å². The fourth-order valence-electron chi connectivity index (χ4n) is 8.97. The summed E-state index contributed by atoms with van der Waals surface area (Å²) < 4.78 is 5.98. The SMILES string of the molecule is C[C@]12CC3CC(c4ccc(OCC(O)CNC5CCc6ccccc65)cc4)(C1)C[C@@](C)(C3)C2. The lowest BCUT2D eigenvalue weighted by molar-refractivity contribution is -0.110. The van der Waals surface area contributed by atoms with Gasteiger partial charge in [-0.15, -0.1) is 0 Å². The molecule has 5 aliphatic rings. The van der Waals surface area contributed by atoms with Gasteiger partial charge in [0.1, 0.15) is 18.5 Å². The lowest BCUT2D eigenvalue weighted by Gasteiger charge is -2.65. The molecule has 4 fully saturated rings. The summed E-state index contributed by atoms with van der Waals surface area (Å²) in [5.41, 5.74) is 5.75. The van der Waals surface area contributed by atoms with Crippen LogP contribution in [0.5, 0.6) is 5.75 Å². The first-order valence-corrected chi connectivity index (χ1v) is 13.1. The van der Waals surface area contributed by atoms with Gasteiger partial charge in [-0.05, 0) is 102 Å². The van der Waals surface area contributed by atoms with Gasteiger partial charge in [0.15, 0.2) is 0 Å². The van der Waals surface area contributed by atoms with Gasteiger partial charge in [0.2, 0.25) is 0 Å². The number of ether oxygens (including phenoxy) is 1. The lowest BCUT2D eigenvalue weighted by atomic mass is 9.39. The van der Waals surface area contributed by atoms with Crippen molar-refractivity contribution in [1.29, 1.82) is 0 Å². The Kier molecular flexibility index (Phi) is 5.16. The second kappa shape index (κ2) is 7.85. The number of hydrogen-bond donors (Lipinski definition) is 2. The molecule has 33 heavy (non-hydrogen) atoms. The second-order valence-electron chi connectivity index (χ2n) is 12.6. The molecule has 3 heteroatoms. The number of rotatable bonds is 7. The highest BCUT2D eigenvalue weighted by Gasteiger charge is 2.60. The zero-order valence-corrected chi connectivity index (χ0v) is 20.3. The summed E-state index contributed by atoms with van der Waals surface area (Å²) >= 11 is 0. The van der Waals surface area contributed by atoms with E-state index < -0.39 is 6.10 Å². The summed E-state index contributed by atoms with van der Waals surface area (Å²) in [5, 5.41) is 14.0. The fourth-order valence-corrected chi connectivity index (χ4v) is 8.97. The highest BCUT2D eigenvalue weighted by molar-refractivity contribution is 5.36. The molecule has 0 heterocycles. The van der Waals surface area contributed by atoms with E-state index in [1.807, 2.05) is 0 Å². The first-order valence-electron chi connectivity index (χ1n) is 13.1. The molecule has 6 atom stereocenters. The van der Waals surface area contributed by atoms with Crippen molar-refractivity contribution in [2.45, 2.75) is 82.8 Å². The number of hydrogen-bond acceptors (Lipinski definition) is 3. The molecule has 3 nitrogen and oxygen atoms in total. The summed E-state index contributed by atoms with van der Waals surface area (Å²) in [7, 11) is 0. The normalized spacial score (nSPS) is 37.2. The molecule has 7 rings (SSSR count). The molecule has 2 aromatic rings. The minimum absolute atomic E-state index is 0.323. The smallest absolute Gasteiger partial charge is 0.119 e. The molecule has 0 aromatic heterocycles. The summed E-state index contributed by atoms with van der Waals surface area (Å²) in [6.45, 7) is 5.96. The van der Waals surface area contributed by atoms with E-state index in [1.54, 1.807) is 0 Å². The number of aryl methyl sites for hydroxylation is 1. The maximum atomic E-state index is 10.5. The van der Waals surface area contributed by atoms with Crippen molar-refractivity contribution in [2.75, 3.05) is 13.2 Å². The highest BCUT2D eigenvalue weighted by Crippen LogP contribution is 2.69. The van der Waals surface area contributed by atoms with Gasteiger partial charge < -0.3 is 15.2 Å². The van der Waals surface area contributed by atoms with Crippen LogP contribution in [0.1, 0.15) is 81.5 Å². The highest BCUT2D eigenvalue weighted by atomic mass is 16.5. The molecule has 0 radical (unpaired) electrons. The monoisotopic (exact) mass is 445 g/mol. The number of aliphatic hydroxyl groups is 1. The number of benzene rings is 2. The molecule has 0 spiro atoms. The van der Waals surface area contributed by atoms with Crippen molar-refractivity contribution in [2.24, 2.45) is 16.7 Å². The van der Waals surface area contributed by atoms with E-state index in [4.69, 9.17) is 4.74 Å². The Morgan fingerprint density at radius 2 is 1.70 bits per heavy atom. The van der Waals surface area contributed by atoms with Crippen LogP contribution in [0.3, 0.4) is 0 Å². The summed E-state index contributed by atoms with van der Waals surface area (Å²) in [6, 6.07) is 17.9. The molecular formula is C30H39NO2. The van der Waals surface area contributed by atoms with Crippen molar-refractivity contribution < 1.29 is 9.84 Å². The molecule has 0 amide bonds. The zero-order valence-electron chi connectivity index (χ0n) is 20.3. The van der Waals surface area contributed by atoms with Gasteiger partial charge in [0, 0.05) is 12.6 Å². The van der Waals surface area contributed by atoms with Crippen LogP contribution in [0.4, 0.5) is 0 Å². The number of aliphatic hydroxyl groups excluding tert-OH is 1. The molecule has 2 aromatic carbocycles. The first-order chi connectivity index (χ1) is 15.8. The van der Waals surface area contributed by atoms with E-state index in [9.17, 15) is 5.11 Å². The van der Waals surface area contributed by atoms with E-state index in [1.165, 1.54) is 55.2 Å². The van der Waals surface area contributed by atoms with E-state index in [0.29, 0.717) is 35.4 Å². The quantitative estimate of drug-likeness (QED) is 0.553. The molecular weight excluding hydrogens is 406 g/mol. The van der Waals surface area contributed by atoms with E-state index in [0.717, 1.165) is 24.5 Å². The van der Waals surface area contributed by atoms with Crippen LogP contribution >= 0.6 is 0 Å². The summed E-state index contributed by atoms with van der Waals surface area (Å²) in [4.78, 5) is 0. The zero-order chi connectivity index (χ0) is 22.7. The van der Waals surface area contributed by atoms with Crippen LogP contribution in [0.2, 0.25) is 0 Å². The third-order valence-corrected chi connectivity index (χ3v) is 9.27. The van der Waals surface area contributed by atoms with Gasteiger partial charge in [-0.1, -0.05) is 50.2 Å². The molecule has 0 saturated heterocycles. The molecule has 4 bridgehead atoms. The Morgan fingerprint density at radius 1 is 0.970 bits per heavy atom. The van der Waals surface area contributed by atoms with Crippen LogP contribution in [0.25, 0.3) is 0 Å². The molecule has 5 aliphatic carbocycles. The summed E-state index contributed by atoms with van der Waals surface area (Å²) in [5.74, 6) is 1.77. The Labute approximate surface area is 198 Å². The first kappa shape index (κ1) is 21.7. The number of fused-ring (bicyclic) bond motifs is 1. The van der Waals surface area contributed by atoms with E-state index >= 15 is 0 Å². The van der Waals surface area contributed by atoms with Crippen molar-refractivity contribution >= 4 is 0 Å². The Balaban J connectivity index is 1.05. The Bertz CT molecular complexity index is 996. The van der Waals surface area contributed by atoms with E-state index in [2.05, 4.69) is 67.7 Å². The third-order valence-electron chi connectivity index (χ3n) is 9.27. The van der Waals surface area contributed by atoms with Gasteiger partial charge in [0.05, 0.1) is 0 Å². The minimum Gasteiger partial charge on any atom is -0.491 e. The van der Waals surface area contributed by atoms with Gasteiger partial charge in [-0.3, -0.25) is 0 Å². The van der Waals surface area contributed by atoms with Gasteiger partial charge >= 0.3 is 0 Å². The van der Waals surface area contributed by atoms with Crippen LogP contribution < -0.4 is 10.1 Å². The maximum Gasteiger partial charge on any atom is 0.119 e. The van der Waals surface area contributed by atoms with Gasteiger partial charge in [-0.25, -0.2) is 0 Å². The molecule has 4 saturated carbocycles. The standard InChI is InChI=1S/C30H39NO2/c1-28-13-21-14-29(2,18-28)20-30(15-21,19-28)23-8-10-25(11-9-23)33-17-24(32)16-31-27-12-7-22-5-3-4-6-26(22)27/h3-6,8-11,21,24,27,31-32H,7,12-20H2,1-2H3/t21?,24?,27?,28-,29+,30?. The Morgan fingerprint density at radius 3 is 2.42 bits per heavy atom. The summed E-state index contributed by atoms with van der Waals surface area (Å²) in [6.07, 6.45) is 10.1. The van der Waals surface area contributed by atoms with Gasteiger partial charge in [-0.2, -0.15) is 0 Å². The van der Waals surface area contributed by atoms with Crippen LogP contribution in [0, 0.1) is 16.7 Å². The predicted molar refractivity (Wildman–Crippen MR) is 133 cm³/mol. The largest absolute Gasteiger partial charge is 0.491 e. The Hall–Kier alpha value is -1.84. The van der Waals surface area contributed by atoms with E-state index in [-0.39, 0.29) is 0 Å². The molecule has 0 aliphatic heterocycles. The van der Waals surface area contributed by atoms with Crippen molar-refractivity contribution in [3.63, 3.8) is 0 Å². The van der Waals surface area contributed by atoms with Crippen LogP contribution in [-0.4, -0.2) is 24.4 Å². The predicted octanol–water partition coefficient (Wildman–Crippen LogP) is 5.95. The fraction of sp³-hybridized carbons (Fsp3) is 0.600. The maximum absolute atomic E-state index is 10.5. The van der Waals surface area contributed by atoms with Crippen molar-refractivity contribution in [3.8, 4) is 5.75 Å². The topological polar surface area (TPSA) is 41.5 Å². The average Bonchev–Trinajstić information content (AvgIpc) is 3.17. The van der Waals surface area contributed by atoms with Crippen molar-refractivity contribution in [1.82, 2.24) is 5.32 Å². The number of nitrogens with one attached hydrogen (secondary N) is 1. The lowest BCUT2D eigenvalue weighted by Crippen LogP contribution is -2.56. The van der Waals surface area contributed by atoms with Crippen LogP contribution in [0.15, 0.2) is 48.5 Å².